The smallest absolute Gasteiger partial charge is 0.180 e. The molecule has 0 atom stereocenters. The second kappa shape index (κ2) is 10.1. The van der Waals surface area contributed by atoms with Gasteiger partial charge in [0.15, 0.2) is 11.5 Å². The third-order valence-electron chi connectivity index (χ3n) is 4.26. The molecule has 1 N–H and O–H groups in total. The Morgan fingerprint density at radius 2 is 1.61 bits per heavy atom. The molecule has 0 fully saturated rings. The fraction of sp³-hybridized carbons (Fsp3) is 0.174. The van der Waals surface area contributed by atoms with E-state index in [2.05, 4.69) is 17.4 Å². The average Bonchev–Trinajstić information content (AvgIpc) is 2.73. The Morgan fingerprint density at radius 1 is 0.964 bits per heavy atom. The van der Waals surface area contributed by atoms with E-state index in [1.54, 1.807) is 7.11 Å². The Bertz CT molecular complexity index is 917. The first-order valence-electron chi connectivity index (χ1n) is 9.04. The van der Waals surface area contributed by atoms with Crippen LogP contribution in [0.2, 0.25) is 5.02 Å². The van der Waals surface area contributed by atoms with Crippen molar-refractivity contribution in [3.63, 3.8) is 0 Å². The molecular weight excluding hydrogens is 390 g/mol. The molecule has 0 aliphatic carbocycles. The summed E-state index contributed by atoms with van der Waals surface area (Å²) in [5.74, 6) is 1.08. The molecule has 0 amide bonds. The van der Waals surface area contributed by atoms with Crippen LogP contribution in [0.1, 0.15) is 16.7 Å². The minimum Gasteiger partial charge on any atom is -0.493 e. The first-order chi connectivity index (χ1) is 13.7. The van der Waals surface area contributed by atoms with Gasteiger partial charge in [0.25, 0.3) is 0 Å². The van der Waals surface area contributed by atoms with E-state index in [9.17, 15) is 0 Å². The molecule has 0 bridgehead atoms. The summed E-state index contributed by atoms with van der Waals surface area (Å²) in [5.41, 5.74) is 3.12. The van der Waals surface area contributed by atoms with E-state index in [4.69, 9.17) is 33.3 Å². The highest BCUT2D eigenvalue weighted by atomic mass is 35.5. The van der Waals surface area contributed by atoms with Gasteiger partial charge in [0.05, 0.1) is 12.1 Å². The lowest BCUT2D eigenvalue weighted by molar-refractivity contribution is 0.284. The van der Waals surface area contributed by atoms with Gasteiger partial charge in [0.2, 0.25) is 0 Å². The van der Waals surface area contributed by atoms with Gasteiger partial charge in [-0.15, -0.1) is 0 Å². The lowest BCUT2D eigenvalue weighted by Crippen LogP contribution is -2.24. The van der Waals surface area contributed by atoms with Gasteiger partial charge in [-0.2, -0.15) is 0 Å². The first kappa shape index (κ1) is 20.2. The molecule has 3 aromatic rings. The van der Waals surface area contributed by atoms with Crippen LogP contribution in [0.4, 0.5) is 0 Å². The predicted octanol–water partition coefficient (Wildman–Crippen LogP) is 5.44. The van der Waals surface area contributed by atoms with Crippen molar-refractivity contribution >= 4 is 28.8 Å². The van der Waals surface area contributed by atoms with Gasteiger partial charge >= 0.3 is 0 Å². The van der Waals surface area contributed by atoms with E-state index in [0.29, 0.717) is 28.1 Å². The summed E-state index contributed by atoms with van der Waals surface area (Å²) < 4.78 is 11.4. The number of halogens is 1. The Hall–Kier alpha value is -2.56. The second-order valence-corrected chi connectivity index (χ2v) is 7.07. The molecule has 0 aliphatic heterocycles. The molecule has 0 spiro atoms. The largest absolute Gasteiger partial charge is 0.493 e. The van der Waals surface area contributed by atoms with Crippen LogP contribution < -0.4 is 14.8 Å². The molecule has 3 nitrogen and oxygen atoms in total. The molecule has 0 saturated carbocycles. The molecule has 0 heterocycles. The molecule has 5 heteroatoms. The predicted molar refractivity (Wildman–Crippen MR) is 119 cm³/mol. The van der Waals surface area contributed by atoms with Gasteiger partial charge in [-0.25, -0.2) is 0 Å². The molecule has 28 heavy (non-hydrogen) atoms. The van der Waals surface area contributed by atoms with Gasteiger partial charge < -0.3 is 14.8 Å². The van der Waals surface area contributed by atoms with Crippen molar-refractivity contribution in [2.45, 2.75) is 13.0 Å². The number of rotatable bonds is 8. The van der Waals surface area contributed by atoms with Gasteiger partial charge in [0.1, 0.15) is 11.6 Å². The van der Waals surface area contributed by atoms with Gasteiger partial charge in [-0.05, 0) is 29.7 Å². The van der Waals surface area contributed by atoms with Crippen LogP contribution in [0.3, 0.4) is 0 Å². The van der Waals surface area contributed by atoms with Crippen molar-refractivity contribution in [1.29, 1.82) is 0 Å². The quantitative estimate of drug-likeness (QED) is 0.500. The summed E-state index contributed by atoms with van der Waals surface area (Å²) in [5, 5.41) is 3.75. The van der Waals surface area contributed by atoms with Crippen molar-refractivity contribution in [1.82, 2.24) is 5.32 Å². The monoisotopic (exact) mass is 411 g/mol. The SMILES string of the molecule is COc1cc(C(=S)NCCc2ccccc2)cc(Cl)c1OCc1ccccc1. The third kappa shape index (κ3) is 5.47. The summed E-state index contributed by atoms with van der Waals surface area (Å²) >= 11 is 12.0. The van der Waals surface area contributed by atoms with Crippen molar-refractivity contribution in [3.8, 4) is 11.5 Å². The van der Waals surface area contributed by atoms with Crippen molar-refractivity contribution in [2.24, 2.45) is 0 Å². The number of benzene rings is 3. The highest BCUT2D eigenvalue weighted by Crippen LogP contribution is 2.37. The van der Waals surface area contributed by atoms with Gasteiger partial charge in [0, 0.05) is 12.1 Å². The molecular formula is C23H22ClNO2S. The van der Waals surface area contributed by atoms with Gasteiger partial charge in [-0.1, -0.05) is 84.5 Å². The second-order valence-electron chi connectivity index (χ2n) is 6.26. The lowest BCUT2D eigenvalue weighted by atomic mass is 10.1. The molecule has 0 radical (unpaired) electrons. The van der Waals surface area contributed by atoms with Crippen molar-refractivity contribution in [2.75, 3.05) is 13.7 Å². The maximum absolute atomic E-state index is 6.46. The summed E-state index contributed by atoms with van der Waals surface area (Å²) in [7, 11) is 1.59. The van der Waals surface area contributed by atoms with Gasteiger partial charge in [-0.3, -0.25) is 0 Å². The Balaban J connectivity index is 1.65. The molecule has 3 rings (SSSR count). The number of thiocarbonyl (C=S) groups is 1. The number of nitrogens with one attached hydrogen (secondary N) is 1. The zero-order valence-corrected chi connectivity index (χ0v) is 17.2. The first-order valence-corrected chi connectivity index (χ1v) is 9.82. The van der Waals surface area contributed by atoms with Crippen molar-refractivity contribution < 1.29 is 9.47 Å². The maximum atomic E-state index is 6.46. The Labute approximate surface area is 176 Å². The molecule has 0 unspecified atom stereocenters. The summed E-state index contributed by atoms with van der Waals surface area (Å²) in [6.45, 7) is 1.16. The van der Waals surface area contributed by atoms with Crippen LogP contribution >= 0.6 is 23.8 Å². The minimum absolute atomic E-state index is 0.413. The number of ether oxygens (including phenoxy) is 2. The molecule has 0 saturated heterocycles. The standard InChI is InChI=1S/C23H22ClNO2S/c1-26-21-15-19(23(28)25-13-12-17-8-4-2-5-9-17)14-20(24)22(21)27-16-18-10-6-3-7-11-18/h2-11,14-15H,12-13,16H2,1H3,(H,25,28). The van der Waals surface area contributed by atoms with E-state index >= 15 is 0 Å². The molecule has 0 aromatic heterocycles. The van der Waals surface area contributed by atoms with Crippen LogP contribution in [0, 0.1) is 0 Å². The summed E-state index contributed by atoms with van der Waals surface area (Å²) in [6, 6.07) is 23.9. The molecule has 3 aromatic carbocycles. The Morgan fingerprint density at radius 3 is 2.25 bits per heavy atom. The zero-order valence-electron chi connectivity index (χ0n) is 15.7. The topological polar surface area (TPSA) is 30.5 Å². The van der Waals surface area contributed by atoms with Crippen LogP contribution in [0.25, 0.3) is 0 Å². The maximum Gasteiger partial charge on any atom is 0.180 e. The lowest BCUT2D eigenvalue weighted by Gasteiger charge is -2.15. The average molecular weight is 412 g/mol. The number of hydrogen-bond acceptors (Lipinski definition) is 3. The van der Waals surface area contributed by atoms with Crippen LogP contribution in [0.5, 0.6) is 11.5 Å². The van der Waals surface area contributed by atoms with E-state index in [-0.39, 0.29) is 0 Å². The van der Waals surface area contributed by atoms with Crippen LogP contribution in [-0.4, -0.2) is 18.6 Å². The molecule has 144 valence electrons. The number of methoxy groups -OCH3 is 1. The van der Waals surface area contributed by atoms with Crippen molar-refractivity contribution in [3.05, 3.63) is 94.5 Å². The molecule has 0 aliphatic rings. The highest BCUT2D eigenvalue weighted by Gasteiger charge is 2.14. The van der Waals surface area contributed by atoms with E-state index in [1.165, 1.54) is 5.56 Å². The number of hydrogen-bond donors (Lipinski definition) is 1. The van der Waals surface area contributed by atoms with E-state index in [0.717, 1.165) is 24.1 Å². The van der Waals surface area contributed by atoms with E-state index in [1.807, 2.05) is 60.7 Å². The third-order valence-corrected chi connectivity index (χ3v) is 4.92. The summed E-state index contributed by atoms with van der Waals surface area (Å²) in [4.78, 5) is 0.630. The summed E-state index contributed by atoms with van der Waals surface area (Å²) in [6.07, 6.45) is 0.893. The normalized spacial score (nSPS) is 10.4. The van der Waals surface area contributed by atoms with Crippen LogP contribution in [-0.2, 0) is 13.0 Å². The Kier molecular flexibility index (Phi) is 7.29. The highest BCUT2D eigenvalue weighted by molar-refractivity contribution is 7.80. The van der Waals surface area contributed by atoms with E-state index < -0.39 is 0 Å². The van der Waals surface area contributed by atoms with Crippen LogP contribution in [0.15, 0.2) is 72.8 Å². The zero-order chi connectivity index (χ0) is 19.8. The fourth-order valence-electron chi connectivity index (χ4n) is 2.79. The minimum atomic E-state index is 0.413. The fourth-order valence-corrected chi connectivity index (χ4v) is 3.27.